The van der Waals surface area contributed by atoms with Crippen LogP contribution >= 0.6 is 0 Å². The Morgan fingerprint density at radius 3 is 2.50 bits per heavy atom. The fourth-order valence-corrected chi connectivity index (χ4v) is 1.05. The van der Waals surface area contributed by atoms with Crippen molar-refractivity contribution in [2.45, 2.75) is 13.8 Å². The van der Waals surface area contributed by atoms with Gasteiger partial charge in [-0.05, 0) is 26.0 Å². The topological polar surface area (TPSA) is 24.4 Å². The average molecular weight is 216 g/mol. The van der Waals surface area contributed by atoms with Crippen LogP contribution in [0.4, 0.5) is 0 Å². The minimum absolute atomic E-state index is 0.700. The quantitative estimate of drug-likeness (QED) is 0.394. The second-order valence-electron chi connectivity index (χ2n) is 2.98. The number of hydrogen-bond donors (Lipinski definition) is 1. The molecule has 0 fully saturated rings. The van der Waals surface area contributed by atoms with Gasteiger partial charge in [0.1, 0.15) is 0 Å². The number of rotatable bonds is 7. The lowest BCUT2D eigenvalue weighted by Gasteiger charge is -2.08. The zero-order chi connectivity index (χ0) is 12.2. The van der Waals surface area contributed by atoms with Gasteiger partial charge in [0.25, 0.3) is 0 Å². The third-order valence-corrected chi connectivity index (χ3v) is 1.68. The molecule has 0 heterocycles. The molecule has 0 rings (SSSR count). The number of aliphatic imine (C=N–C) groups is 1. The van der Waals surface area contributed by atoms with Crippen molar-refractivity contribution in [3.8, 4) is 0 Å². The molecular weight excluding hydrogens is 196 g/mol. The van der Waals surface area contributed by atoms with Crippen LogP contribution in [0.25, 0.3) is 0 Å². The highest BCUT2D eigenvalue weighted by molar-refractivity contribution is 6.08. The van der Waals surface area contributed by atoms with Crippen molar-refractivity contribution in [1.29, 1.82) is 0 Å². The largest absolute Gasteiger partial charge is 0.380 e. The number of hydrogen-bond acceptors (Lipinski definition) is 2. The molecule has 0 aliphatic carbocycles. The zero-order valence-corrected chi connectivity index (χ0v) is 10.1. The molecule has 0 amide bonds. The van der Waals surface area contributed by atoms with Crippen LogP contribution in [-0.4, -0.2) is 12.3 Å². The van der Waals surface area contributed by atoms with E-state index >= 15 is 0 Å². The maximum Gasteiger partial charge on any atom is 0.0857 e. The summed E-state index contributed by atoms with van der Waals surface area (Å²) in [6.45, 7) is 12.0. The summed E-state index contributed by atoms with van der Waals surface area (Å²) in [6, 6.07) is 0. The maximum atomic E-state index is 4.34. The number of nitrogens with zero attached hydrogens (tertiary/aromatic N) is 1. The van der Waals surface area contributed by atoms with Gasteiger partial charge in [-0.2, -0.15) is 0 Å². The Kier molecular flexibility index (Phi) is 8.60. The molecule has 0 aromatic carbocycles. The molecule has 0 aliphatic rings. The summed E-state index contributed by atoms with van der Waals surface area (Å²) >= 11 is 0. The molecule has 0 spiro atoms. The summed E-state index contributed by atoms with van der Waals surface area (Å²) in [4.78, 5) is 4.34. The molecular formula is C14H20N2. The Hall–Kier alpha value is -1.83. The molecule has 16 heavy (non-hydrogen) atoms. The molecule has 0 aliphatic heterocycles. The summed E-state index contributed by atoms with van der Waals surface area (Å²) in [7, 11) is 0. The van der Waals surface area contributed by atoms with E-state index in [1.807, 2.05) is 38.2 Å². The minimum atomic E-state index is 0.700. The molecule has 0 radical (unpaired) electrons. The lowest BCUT2D eigenvalue weighted by Crippen LogP contribution is -2.19. The van der Waals surface area contributed by atoms with Crippen molar-refractivity contribution in [2.24, 2.45) is 4.99 Å². The molecule has 0 bridgehead atoms. The van der Waals surface area contributed by atoms with Gasteiger partial charge in [-0.3, -0.25) is 4.99 Å². The predicted molar refractivity (Wildman–Crippen MR) is 73.5 cm³/mol. The molecule has 86 valence electrons. The zero-order valence-electron chi connectivity index (χ0n) is 10.1. The van der Waals surface area contributed by atoms with E-state index in [1.54, 1.807) is 18.4 Å². The Morgan fingerprint density at radius 1 is 1.25 bits per heavy atom. The summed E-state index contributed by atoms with van der Waals surface area (Å²) in [5.41, 5.74) is 1.81. The van der Waals surface area contributed by atoms with Gasteiger partial charge in [0.15, 0.2) is 0 Å². The summed E-state index contributed by atoms with van der Waals surface area (Å²) < 4.78 is 0. The van der Waals surface area contributed by atoms with Crippen molar-refractivity contribution in [3.63, 3.8) is 0 Å². The van der Waals surface area contributed by atoms with E-state index in [0.717, 1.165) is 11.4 Å². The lowest BCUT2D eigenvalue weighted by atomic mass is 10.2. The normalized spacial score (nSPS) is 13.4. The smallest absolute Gasteiger partial charge is 0.0857 e. The highest BCUT2D eigenvalue weighted by Crippen LogP contribution is 1.99. The Labute approximate surface area is 98.5 Å². The summed E-state index contributed by atoms with van der Waals surface area (Å²) in [5, 5.41) is 3.22. The van der Waals surface area contributed by atoms with Crippen LogP contribution < -0.4 is 5.32 Å². The molecule has 0 aromatic heterocycles. The van der Waals surface area contributed by atoms with Crippen molar-refractivity contribution in [1.82, 2.24) is 5.32 Å². The van der Waals surface area contributed by atoms with Crippen molar-refractivity contribution in [3.05, 3.63) is 61.5 Å². The standard InChI is InChI=1S/C14H20N2/c1-5-9-13(15-11-7-3)14(10-6-2)16-12-8-4/h5-10,12,15H,1,3,11H2,2,4H3/b10-6-,12-8-,13-9-,16-14+. The van der Waals surface area contributed by atoms with E-state index < -0.39 is 0 Å². The van der Waals surface area contributed by atoms with E-state index in [9.17, 15) is 0 Å². The first kappa shape index (κ1) is 14.2. The third-order valence-electron chi connectivity index (χ3n) is 1.68. The minimum Gasteiger partial charge on any atom is -0.380 e. The highest BCUT2D eigenvalue weighted by Gasteiger charge is 2.00. The first-order valence-electron chi connectivity index (χ1n) is 5.29. The van der Waals surface area contributed by atoms with Crippen LogP contribution in [0.1, 0.15) is 13.8 Å². The van der Waals surface area contributed by atoms with E-state index in [4.69, 9.17) is 0 Å². The van der Waals surface area contributed by atoms with Crippen LogP contribution in [0.2, 0.25) is 0 Å². The molecule has 0 aromatic rings. The van der Waals surface area contributed by atoms with Crippen LogP contribution in [0.15, 0.2) is 66.5 Å². The Balaban J connectivity index is 5.01. The van der Waals surface area contributed by atoms with Crippen LogP contribution in [-0.2, 0) is 0 Å². The van der Waals surface area contributed by atoms with Gasteiger partial charge < -0.3 is 5.32 Å². The van der Waals surface area contributed by atoms with Crippen LogP contribution in [0.3, 0.4) is 0 Å². The molecule has 0 saturated heterocycles. The molecule has 1 N–H and O–H groups in total. The van der Waals surface area contributed by atoms with E-state index in [0.29, 0.717) is 6.54 Å². The van der Waals surface area contributed by atoms with Crippen molar-refractivity contribution >= 4 is 5.71 Å². The van der Waals surface area contributed by atoms with E-state index in [2.05, 4.69) is 23.5 Å². The fraction of sp³-hybridized carbons (Fsp3) is 0.214. The van der Waals surface area contributed by atoms with Crippen LogP contribution in [0.5, 0.6) is 0 Å². The third kappa shape index (κ3) is 5.81. The lowest BCUT2D eigenvalue weighted by molar-refractivity contribution is 0.952. The van der Waals surface area contributed by atoms with Gasteiger partial charge in [-0.1, -0.05) is 30.9 Å². The number of nitrogens with one attached hydrogen (secondary N) is 1. The first-order chi connectivity index (χ1) is 7.79. The van der Waals surface area contributed by atoms with Gasteiger partial charge in [0.05, 0.1) is 11.4 Å². The van der Waals surface area contributed by atoms with Crippen molar-refractivity contribution < 1.29 is 0 Å². The summed E-state index contributed by atoms with van der Waals surface area (Å²) in [6.07, 6.45) is 13.0. The monoisotopic (exact) mass is 216 g/mol. The molecule has 0 saturated carbocycles. The summed E-state index contributed by atoms with van der Waals surface area (Å²) in [5.74, 6) is 0. The SMILES string of the molecule is C=C/C=C(\NCC=C)C(/C=C\C)=N/C=C\C. The van der Waals surface area contributed by atoms with Gasteiger partial charge >= 0.3 is 0 Å². The number of allylic oxidation sites excluding steroid dienone is 5. The van der Waals surface area contributed by atoms with E-state index in [1.165, 1.54) is 0 Å². The van der Waals surface area contributed by atoms with Crippen molar-refractivity contribution in [2.75, 3.05) is 6.54 Å². The Morgan fingerprint density at radius 2 is 2.00 bits per heavy atom. The molecule has 0 unspecified atom stereocenters. The maximum absolute atomic E-state index is 4.34. The van der Waals surface area contributed by atoms with Gasteiger partial charge in [-0.25, -0.2) is 0 Å². The Bertz CT molecular complexity index is 331. The second-order valence-corrected chi connectivity index (χ2v) is 2.98. The van der Waals surface area contributed by atoms with Gasteiger partial charge in [-0.15, -0.1) is 6.58 Å². The molecule has 2 heteroatoms. The second kappa shape index (κ2) is 9.71. The molecule has 2 nitrogen and oxygen atoms in total. The van der Waals surface area contributed by atoms with Gasteiger partial charge in [0, 0.05) is 12.7 Å². The highest BCUT2D eigenvalue weighted by atomic mass is 14.9. The molecule has 0 atom stereocenters. The predicted octanol–water partition coefficient (Wildman–Crippen LogP) is 3.38. The van der Waals surface area contributed by atoms with Gasteiger partial charge in [0.2, 0.25) is 0 Å². The average Bonchev–Trinajstić information content (AvgIpc) is 2.30. The fourth-order valence-electron chi connectivity index (χ4n) is 1.05. The van der Waals surface area contributed by atoms with Crippen LogP contribution in [0, 0.1) is 0 Å². The first-order valence-corrected chi connectivity index (χ1v) is 5.29. The van der Waals surface area contributed by atoms with E-state index in [-0.39, 0.29) is 0 Å².